The Balaban J connectivity index is 1.80. The number of carbonyl (C=O) groups is 3. The van der Waals surface area contributed by atoms with E-state index in [0.717, 1.165) is 11.3 Å². The molecule has 0 spiro atoms. The number of hydrogen-bond donors (Lipinski definition) is 1. The van der Waals surface area contributed by atoms with Crippen molar-refractivity contribution in [3.8, 4) is 0 Å². The molecular formula is C23H26FN3O3. The predicted molar refractivity (Wildman–Crippen MR) is 112 cm³/mol. The number of nitrogens with zero attached hydrogens (tertiary/aromatic N) is 2. The first-order valence-corrected chi connectivity index (χ1v) is 9.90. The highest BCUT2D eigenvalue weighted by Crippen LogP contribution is 2.30. The third-order valence-electron chi connectivity index (χ3n) is 5.49. The molecule has 7 heteroatoms. The van der Waals surface area contributed by atoms with Gasteiger partial charge in [-0.1, -0.05) is 38.1 Å². The molecule has 30 heavy (non-hydrogen) atoms. The molecule has 3 amide bonds. The first-order chi connectivity index (χ1) is 14.2. The van der Waals surface area contributed by atoms with E-state index in [4.69, 9.17) is 5.73 Å². The zero-order valence-corrected chi connectivity index (χ0v) is 17.3. The molecule has 3 rings (SSSR count). The monoisotopic (exact) mass is 411 g/mol. The van der Waals surface area contributed by atoms with Gasteiger partial charge in [0.25, 0.3) is 0 Å². The molecule has 2 atom stereocenters. The third kappa shape index (κ3) is 4.35. The van der Waals surface area contributed by atoms with Gasteiger partial charge in [-0.3, -0.25) is 14.4 Å². The second kappa shape index (κ2) is 8.65. The molecule has 0 aliphatic carbocycles. The number of benzene rings is 2. The Morgan fingerprint density at radius 2 is 1.80 bits per heavy atom. The summed E-state index contributed by atoms with van der Waals surface area (Å²) in [7, 11) is 1.45. The Morgan fingerprint density at radius 1 is 1.13 bits per heavy atom. The third-order valence-corrected chi connectivity index (χ3v) is 5.49. The smallest absolute Gasteiger partial charge is 0.244 e. The van der Waals surface area contributed by atoms with Gasteiger partial charge in [0.05, 0.1) is 5.92 Å². The Hall–Kier alpha value is -3.22. The Morgan fingerprint density at radius 3 is 2.43 bits per heavy atom. The summed E-state index contributed by atoms with van der Waals surface area (Å²) in [5.41, 5.74) is 7.66. The molecule has 0 aromatic heterocycles. The summed E-state index contributed by atoms with van der Waals surface area (Å²) >= 11 is 0. The lowest BCUT2D eigenvalue weighted by molar-refractivity contribution is -0.141. The molecule has 158 valence electrons. The summed E-state index contributed by atoms with van der Waals surface area (Å²) in [6.07, 6.45) is 0.0453. The summed E-state index contributed by atoms with van der Waals surface area (Å²) in [5, 5.41) is 0. The average Bonchev–Trinajstić information content (AvgIpc) is 3.09. The van der Waals surface area contributed by atoms with Crippen molar-refractivity contribution < 1.29 is 18.8 Å². The van der Waals surface area contributed by atoms with Crippen LogP contribution in [-0.2, 0) is 14.4 Å². The highest BCUT2D eigenvalue weighted by Gasteiger charge is 2.39. The summed E-state index contributed by atoms with van der Waals surface area (Å²) in [6.45, 7) is 4.36. The number of primary amides is 1. The second-order valence-corrected chi connectivity index (χ2v) is 7.96. The van der Waals surface area contributed by atoms with Crippen molar-refractivity contribution in [1.29, 1.82) is 0 Å². The highest BCUT2D eigenvalue weighted by molar-refractivity contribution is 6.01. The summed E-state index contributed by atoms with van der Waals surface area (Å²) in [6, 6.07) is 12.0. The van der Waals surface area contributed by atoms with E-state index in [-0.39, 0.29) is 24.8 Å². The number of rotatable bonds is 6. The zero-order chi connectivity index (χ0) is 22.0. The number of carbonyl (C=O) groups excluding carboxylic acids is 3. The van der Waals surface area contributed by atoms with Gasteiger partial charge in [0.15, 0.2) is 0 Å². The van der Waals surface area contributed by atoms with Gasteiger partial charge >= 0.3 is 0 Å². The van der Waals surface area contributed by atoms with Crippen LogP contribution in [0.1, 0.15) is 43.4 Å². The van der Waals surface area contributed by atoms with E-state index in [1.165, 1.54) is 30.1 Å². The fourth-order valence-electron chi connectivity index (χ4n) is 3.84. The molecule has 1 fully saturated rings. The van der Waals surface area contributed by atoms with Crippen molar-refractivity contribution in [2.45, 2.75) is 32.2 Å². The van der Waals surface area contributed by atoms with E-state index in [9.17, 15) is 18.8 Å². The molecule has 6 nitrogen and oxygen atoms in total. The van der Waals surface area contributed by atoms with Gasteiger partial charge < -0.3 is 15.5 Å². The van der Waals surface area contributed by atoms with Crippen molar-refractivity contribution >= 4 is 23.4 Å². The maximum atomic E-state index is 13.6. The first kappa shape index (κ1) is 21.5. The Labute approximate surface area is 175 Å². The molecule has 2 aromatic carbocycles. The summed E-state index contributed by atoms with van der Waals surface area (Å²) < 4.78 is 13.6. The van der Waals surface area contributed by atoms with Crippen LogP contribution in [0.25, 0.3) is 0 Å². The fraction of sp³-hybridized carbons (Fsp3) is 0.348. The van der Waals surface area contributed by atoms with Crippen LogP contribution in [0.4, 0.5) is 10.1 Å². The van der Waals surface area contributed by atoms with Gasteiger partial charge in [-0.2, -0.15) is 0 Å². The molecule has 0 saturated carbocycles. The molecule has 2 unspecified atom stereocenters. The number of hydrogen-bond acceptors (Lipinski definition) is 3. The number of amides is 3. The highest BCUT2D eigenvalue weighted by atomic mass is 19.1. The van der Waals surface area contributed by atoms with Gasteiger partial charge in [-0.05, 0) is 41.3 Å². The van der Waals surface area contributed by atoms with E-state index in [0.29, 0.717) is 11.5 Å². The molecule has 2 N–H and O–H groups in total. The van der Waals surface area contributed by atoms with Crippen molar-refractivity contribution in [1.82, 2.24) is 4.90 Å². The molecule has 0 bridgehead atoms. The first-order valence-electron chi connectivity index (χ1n) is 9.90. The topological polar surface area (TPSA) is 83.7 Å². The van der Waals surface area contributed by atoms with E-state index in [2.05, 4.69) is 13.8 Å². The van der Waals surface area contributed by atoms with Crippen molar-refractivity contribution in [2.24, 2.45) is 11.7 Å². The van der Waals surface area contributed by atoms with Crippen LogP contribution < -0.4 is 10.6 Å². The van der Waals surface area contributed by atoms with Crippen LogP contribution in [-0.4, -0.2) is 36.2 Å². The van der Waals surface area contributed by atoms with Crippen LogP contribution in [0.15, 0.2) is 48.5 Å². The largest absolute Gasteiger partial charge is 0.368 e. The molecular weight excluding hydrogens is 385 g/mol. The zero-order valence-electron chi connectivity index (χ0n) is 17.3. The number of likely N-dealkylation sites (N-methyl/N-ethyl adjacent to an activating group) is 1. The van der Waals surface area contributed by atoms with Crippen LogP contribution >= 0.6 is 0 Å². The van der Waals surface area contributed by atoms with E-state index < -0.39 is 23.7 Å². The van der Waals surface area contributed by atoms with Crippen molar-refractivity contribution in [2.75, 3.05) is 18.5 Å². The lowest BCUT2D eigenvalue weighted by Gasteiger charge is -2.28. The van der Waals surface area contributed by atoms with E-state index in [1.54, 1.807) is 11.0 Å². The SMILES string of the molecule is CC(C)c1cccc(N2CC(C(=O)N(C)C(C(N)=O)c3cccc(F)c3)CC2=O)c1. The van der Waals surface area contributed by atoms with E-state index in [1.807, 2.05) is 24.3 Å². The fourth-order valence-corrected chi connectivity index (χ4v) is 3.84. The summed E-state index contributed by atoms with van der Waals surface area (Å²) in [4.78, 5) is 40.6. The standard InChI is InChI=1S/C23H26FN3O3/c1-14(2)15-6-5-9-19(11-15)27-13-17(12-20(27)28)23(30)26(3)21(22(25)29)16-7-4-8-18(24)10-16/h4-11,14,17,21H,12-13H2,1-3H3,(H2,25,29). The Kier molecular flexibility index (Phi) is 6.20. The lowest BCUT2D eigenvalue weighted by atomic mass is 10.0. The summed E-state index contributed by atoms with van der Waals surface area (Å²) in [5.74, 6) is -2.11. The number of nitrogens with two attached hydrogens (primary N) is 1. The predicted octanol–water partition coefficient (Wildman–Crippen LogP) is 2.99. The van der Waals surface area contributed by atoms with Gasteiger partial charge in [0.2, 0.25) is 17.7 Å². The van der Waals surface area contributed by atoms with Gasteiger partial charge in [0, 0.05) is 25.7 Å². The molecule has 0 radical (unpaired) electrons. The van der Waals surface area contributed by atoms with Crippen molar-refractivity contribution in [3.63, 3.8) is 0 Å². The molecule has 2 aromatic rings. The molecule has 1 heterocycles. The van der Waals surface area contributed by atoms with E-state index >= 15 is 0 Å². The maximum Gasteiger partial charge on any atom is 0.244 e. The second-order valence-electron chi connectivity index (χ2n) is 7.96. The Bertz CT molecular complexity index is 976. The number of halogens is 1. The van der Waals surface area contributed by atoms with Crippen LogP contribution in [0.2, 0.25) is 0 Å². The van der Waals surface area contributed by atoms with Crippen LogP contribution in [0, 0.1) is 11.7 Å². The minimum Gasteiger partial charge on any atom is -0.368 e. The quantitative estimate of drug-likeness (QED) is 0.793. The van der Waals surface area contributed by atoms with Crippen molar-refractivity contribution in [3.05, 3.63) is 65.5 Å². The minimum atomic E-state index is -1.11. The maximum absolute atomic E-state index is 13.6. The normalized spacial score (nSPS) is 17.3. The van der Waals surface area contributed by atoms with Gasteiger partial charge in [0.1, 0.15) is 11.9 Å². The van der Waals surface area contributed by atoms with Crippen LogP contribution in [0.5, 0.6) is 0 Å². The molecule has 1 aliphatic rings. The van der Waals surface area contributed by atoms with Gasteiger partial charge in [-0.15, -0.1) is 0 Å². The molecule has 1 aliphatic heterocycles. The lowest BCUT2D eigenvalue weighted by Crippen LogP contribution is -2.42. The minimum absolute atomic E-state index is 0.0453. The number of anilines is 1. The van der Waals surface area contributed by atoms with Crippen LogP contribution in [0.3, 0.4) is 0 Å². The average molecular weight is 411 g/mol. The van der Waals surface area contributed by atoms with Gasteiger partial charge in [-0.25, -0.2) is 4.39 Å². The molecule has 1 saturated heterocycles.